The minimum Gasteiger partial charge on any atom is -0.258 e. The van der Waals surface area contributed by atoms with E-state index in [1.165, 1.54) is 24.3 Å². The average Bonchev–Trinajstić information content (AvgIpc) is 2.41. The quantitative estimate of drug-likeness (QED) is 0.622. The number of halogens is 1. The Morgan fingerprint density at radius 3 is 1.05 bits per heavy atom. The molecule has 19 heavy (non-hydrogen) atoms. The molecule has 0 unspecified atom stereocenters. The van der Waals surface area contributed by atoms with Gasteiger partial charge in [0.15, 0.2) is 0 Å². The monoisotopic (exact) mass is 282 g/mol. The van der Waals surface area contributed by atoms with E-state index in [1.54, 1.807) is 36.4 Å². The molecule has 0 atom stereocenters. The van der Waals surface area contributed by atoms with Crippen LogP contribution >= 0.6 is 12.4 Å². The van der Waals surface area contributed by atoms with E-state index >= 15 is 0 Å². The minimum absolute atomic E-state index is 0. The van der Waals surface area contributed by atoms with Crippen LogP contribution < -0.4 is 0 Å². The second kappa shape index (κ2) is 8.60. The number of non-ortho nitro benzene ring substituents is 2. The summed E-state index contributed by atoms with van der Waals surface area (Å²) in [5.74, 6) is 0. The maximum absolute atomic E-state index is 10.0. The third-order valence-electron chi connectivity index (χ3n) is 1.93. The van der Waals surface area contributed by atoms with E-state index in [0.717, 1.165) is 0 Å². The number of nitrogens with zero attached hydrogens (tertiary/aromatic N) is 2. The van der Waals surface area contributed by atoms with Crippen LogP contribution in [0.3, 0.4) is 0 Å². The van der Waals surface area contributed by atoms with Crippen molar-refractivity contribution in [2.75, 3.05) is 0 Å². The fourth-order valence-electron chi connectivity index (χ4n) is 1.10. The van der Waals surface area contributed by atoms with Gasteiger partial charge in [-0.05, 0) is 0 Å². The number of benzene rings is 2. The predicted molar refractivity (Wildman–Crippen MR) is 73.4 cm³/mol. The highest BCUT2D eigenvalue weighted by Crippen LogP contribution is 2.07. The first kappa shape index (κ1) is 16.5. The van der Waals surface area contributed by atoms with E-state index in [9.17, 15) is 20.2 Å². The van der Waals surface area contributed by atoms with E-state index in [2.05, 4.69) is 0 Å². The van der Waals surface area contributed by atoms with Crippen molar-refractivity contribution in [2.45, 2.75) is 0 Å². The first-order valence-electron chi connectivity index (χ1n) is 5.00. The van der Waals surface area contributed by atoms with Gasteiger partial charge in [-0.1, -0.05) is 36.4 Å². The molecule has 0 saturated carbocycles. The van der Waals surface area contributed by atoms with Crippen LogP contribution in [0, 0.1) is 20.2 Å². The zero-order valence-electron chi connectivity index (χ0n) is 9.71. The molecular weight excluding hydrogens is 272 g/mol. The van der Waals surface area contributed by atoms with Gasteiger partial charge in [0.1, 0.15) is 0 Å². The molecule has 2 aromatic carbocycles. The summed E-state index contributed by atoms with van der Waals surface area (Å²) in [4.78, 5) is 19.2. The van der Waals surface area contributed by atoms with Crippen LogP contribution in [-0.2, 0) is 0 Å². The van der Waals surface area contributed by atoms with Crippen molar-refractivity contribution in [1.29, 1.82) is 0 Å². The van der Waals surface area contributed by atoms with Crippen molar-refractivity contribution in [3.8, 4) is 0 Å². The fraction of sp³-hybridized carbons (Fsp3) is 0. The molecule has 0 spiro atoms. The zero-order valence-corrected chi connectivity index (χ0v) is 10.5. The van der Waals surface area contributed by atoms with E-state index in [-0.39, 0.29) is 23.8 Å². The molecule has 100 valence electrons. The Labute approximate surface area is 115 Å². The maximum Gasteiger partial charge on any atom is 0.269 e. The Morgan fingerprint density at radius 1 is 0.632 bits per heavy atom. The van der Waals surface area contributed by atoms with Gasteiger partial charge in [0.25, 0.3) is 11.4 Å². The van der Waals surface area contributed by atoms with E-state index in [0.29, 0.717) is 0 Å². The number of nitro benzene ring substituents is 2. The molecular formula is C12H11ClN2O4. The van der Waals surface area contributed by atoms with Crippen LogP contribution in [0.15, 0.2) is 60.7 Å². The number of hydrogen-bond donors (Lipinski definition) is 0. The third kappa shape index (κ3) is 6.13. The van der Waals surface area contributed by atoms with Gasteiger partial charge < -0.3 is 0 Å². The summed E-state index contributed by atoms with van der Waals surface area (Å²) in [5, 5.41) is 20.0. The zero-order chi connectivity index (χ0) is 13.4. The molecule has 6 nitrogen and oxygen atoms in total. The van der Waals surface area contributed by atoms with Crippen LogP contribution in [0.4, 0.5) is 11.4 Å². The minimum atomic E-state index is -0.417. The Morgan fingerprint density at radius 2 is 0.895 bits per heavy atom. The lowest BCUT2D eigenvalue weighted by atomic mass is 10.3. The molecule has 0 radical (unpaired) electrons. The van der Waals surface area contributed by atoms with Gasteiger partial charge in [0.2, 0.25) is 0 Å². The van der Waals surface area contributed by atoms with E-state index in [4.69, 9.17) is 0 Å². The molecule has 0 aromatic heterocycles. The predicted octanol–water partition coefficient (Wildman–Crippen LogP) is 3.61. The normalized spacial score (nSPS) is 8.42. The molecule has 0 heterocycles. The lowest BCUT2D eigenvalue weighted by molar-refractivity contribution is -0.385. The van der Waals surface area contributed by atoms with Crippen molar-refractivity contribution >= 4 is 23.8 Å². The summed E-state index contributed by atoms with van der Waals surface area (Å²) in [6.07, 6.45) is 0. The highest BCUT2D eigenvalue weighted by Gasteiger charge is 1.99. The Bertz CT molecular complexity index is 470. The first-order valence-corrected chi connectivity index (χ1v) is 5.00. The van der Waals surface area contributed by atoms with Crippen molar-refractivity contribution in [1.82, 2.24) is 0 Å². The molecule has 0 saturated heterocycles. The standard InChI is InChI=1S/2C6H5NO2.ClH/c2*8-7(9)6-4-2-1-3-5-6;/h2*1-5H;1H. The van der Waals surface area contributed by atoms with Crippen LogP contribution in [0.1, 0.15) is 0 Å². The van der Waals surface area contributed by atoms with Gasteiger partial charge >= 0.3 is 0 Å². The highest BCUT2D eigenvalue weighted by molar-refractivity contribution is 5.85. The molecule has 0 aliphatic carbocycles. The number of rotatable bonds is 2. The second-order valence-corrected chi connectivity index (χ2v) is 3.19. The number of hydrogen-bond acceptors (Lipinski definition) is 4. The van der Waals surface area contributed by atoms with Gasteiger partial charge in [0.05, 0.1) is 9.85 Å². The SMILES string of the molecule is Cl.O=[N+]([O-])c1ccccc1.O=[N+]([O-])c1ccccc1. The fourth-order valence-corrected chi connectivity index (χ4v) is 1.10. The molecule has 0 N–H and O–H groups in total. The summed E-state index contributed by atoms with van der Waals surface area (Å²) in [6, 6.07) is 15.9. The summed E-state index contributed by atoms with van der Waals surface area (Å²) < 4.78 is 0. The van der Waals surface area contributed by atoms with Crippen molar-refractivity contribution in [3.05, 3.63) is 80.9 Å². The summed E-state index contributed by atoms with van der Waals surface area (Å²) in [6.45, 7) is 0. The van der Waals surface area contributed by atoms with Gasteiger partial charge in [-0.3, -0.25) is 20.2 Å². The van der Waals surface area contributed by atoms with Gasteiger partial charge in [-0.15, -0.1) is 12.4 Å². The van der Waals surface area contributed by atoms with E-state index < -0.39 is 9.85 Å². The molecule has 2 aromatic rings. The molecule has 7 heteroatoms. The number of para-hydroxylation sites is 2. The largest absolute Gasteiger partial charge is 0.269 e. The first-order chi connectivity index (χ1) is 8.61. The second-order valence-electron chi connectivity index (χ2n) is 3.19. The van der Waals surface area contributed by atoms with E-state index in [1.807, 2.05) is 0 Å². The Balaban J connectivity index is 0.000000324. The van der Waals surface area contributed by atoms with Gasteiger partial charge in [-0.25, -0.2) is 0 Å². The lowest BCUT2D eigenvalue weighted by Gasteiger charge is -1.85. The topological polar surface area (TPSA) is 86.3 Å². The summed E-state index contributed by atoms with van der Waals surface area (Å²) in [5.41, 5.74) is 0.273. The highest BCUT2D eigenvalue weighted by atomic mass is 35.5. The molecule has 0 amide bonds. The van der Waals surface area contributed by atoms with Gasteiger partial charge in [0, 0.05) is 24.3 Å². The van der Waals surface area contributed by atoms with Crippen LogP contribution in [0.25, 0.3) is 0 Å². The van der Waals surface area contributed by atoms with Crippen LogP contribution in [-0.4, -0.2) is 9.85 Å². The maximum atomic E-state index is 10.0. The summed E-state index contributed by atoms with van der Waals surface area (Å²) in [7, 11) is 0. The van der Waals surface area contributed by atoms with Crippen molar-refractivity contribution in [3.63, 3.8) is 0 Å². The molecule has 0 aliphatic rings. The van der Waals surface area contributed by atoms with Crippen molar-refractivity contribution in [2.24, 2.45) is 0 Å². The molecule has 0 bridgehead atoms. The molecule has 0 fully saturated rings. The van der Waals surface area contributed by atoms with Crippen LogP contribution in [0.5, 0.6) is 0 Å². The molecule has 2 rings (SSSR count). The van der Waals surface area contributed by atoms with Crippen molar-refractivity contribution < 1.29 is 9.85 Å². The summed E-state index contributed by atoms with van der Waals surface area (Å²) >= 11 is 0. The molecule has 0 aliphatic heterocycles. The average molecular weight is 283 g/mol. The third-order valence-corrected chi connectivity index (χ3v) is 1.93. The van der Waals surface area contributed by atoms with Crippen LogP contribution in [0.2, 0.25) is 0 Å². The Kier molecular flexibility index (Phi) is 7.48. The number of nitro groups is 2. The Hall–Kier alpha value is -2.47. The lowest BCUT2D eigenvalue weighted by Crippen LogP contribution is -1.84. The van der Waals surface area contributed by atoms with Gasteiger partial charge in [-0.2, -0.15) is 0 Å². The smallest absolute Gasteiger partial charge is 0.258 e.